The molecule has 0 fully saturated rings. The van der Waals surface area contributed by atoms with Gasteiger partial charge in [0.05, 0.1) is 22.7 Å². The second kappa shape index (κ2) is 5.04. The van der Waals surface area contributed by atoms with Gasteiger partial charge in [-0.15, -0.1) is 0 Å². The summed E-state index contributed by atoms with van der Waals surface area (Å²) in [4.78, 5) is 0. The number of nitrogens with two attached hydrogens (primary N) is 1. The molecule has 1 unspecified atom stereocenters. The maximum Gasteiger partial charge on any atom is 0.122 e. The second-order valence-corrected chi connectivity index (χ2v) is 5.37. The fraction of sp³-hybridized carbons (Fsp3) is 0.200. The van der Waals surface area contributed by atoms with E-state index in [1.807, 2.05) is 24.3 Å². The lowest BCUT2D eigenvalue weighted by Gasteiger charge is -2.15. The molecule has 3 rings (SSSR count). The van der Waals surface area contributed by atoms with Crippen molar-refractivity contribution in [2.24, 2.45) is 5.73 Å². The van der Waals surface area contributed by atoms with Crippen molar-refractivity contribution in [2.45, 2.75) is 12.5 Å². The number of hydrogen-bond acceptors (Lipinski definition) is 2. The van der Waals surface area contributed by atoms with Crippen LogP contribution in [0, 0.1) is 0 Å². The quantitative estimate of drug-likeness (QED) is 0.909. The van der Waals surface area contributed by atoms with Gasteiger partial charge in [0.15, 0.2) is 0 Å². The summed E-state index contributed by atoms with van der Waals surface area (Å²) < 4.78 is 5.49. The van der Waals surface area contributed by atoms with Crippen molar-refractivity contribution in [3.63, 3.8) is 0 Å². The molecule has 0 aliphatic carbocycles. The summed E-state index contributed by atoms with van der Waals surface area (Å²) in [5.74, 6) is 0.952. The van der Waals surface area contributed by atoms with E-state index in [0.29, 0.717) is 10.0 Å². The van der Waals surface area contributed by atoms with Crippen LogP contribution in [0.15, 0.2) is 36.4 Å². The van der Waals surface area contributed by atoms with E-state index in [9.17, 15) is 0 Å². The maximum absolute atomic E-state index is 6.30. The van der Waals surface area contributed by atoms with Gasteiger partial charge in [0.1, 0.15) is 5.75 Å². The molecule has 1 atom stereocenters. The van der Waals surface area contributed by atoms with Crippen molar-refractivity contribution >= 4 is 23.2 Å². The first-order chi connectivity index (χ1) is 9.16. The largest absolute Gasteiger partial charge is 0.493 e. The van der Waals surface area contributed by atoms with Gasteiger partial charge in [-0.1, -0.05) is 47.5 Å². The van der Waals surface area contributed by atoms with E-state index in [0.717, 1.165) is 29.9 Å². The Bertz CT molecular complexity index is 628. The normalized spacial score (nSPS) is 14.9. The van der Waals surface area contributed by atoms with E-state index in [1.165, 1.54) is 5.56 Å². The lowest BCUT2D eigenvalue weighted by molar-refractivity contribution is 0.357. The molecule has 1 aliphatic rings. The Morgan fingerprint density at radius 2 is 2.00 bits per heavy atom. The molecule has 2 N–H and O–H groups in total. The third-order valence-electron chi connectivity index (χ3n) is 3.39. The number of rotatable bonds is 2. The molecule has 0 radical (unpaired) electrons. The Kier molecular flexibility index (Phi) is 3.40. The summed E-state index contributed by atoms with van der Waals surface area (Å²) in [6, 6.07) is 11.3. The Morgan fingerprint density at radius 3 is 2.84 bits per heavy atom. The van der Waals surface area contributed by atoms with E-state index in [1.54, 1.807) is 6.07 Å². The molecule has 19 heavy (non-hydrogen) atoms. The van der Waals surface area contributed by atoms with Gasteiger partial charge < -0.3 is 10.5 Å². The number of hydrogen-bond donors (Lipinski definition) is 1. The van der Waals surface area contributed by atoms with Gasteiger partial charge in [0.2, 0.25) is 0 Å². The zero-order chi connectivity index (χ0) is 13.4. The zero-order valence-electron chi connectivity index (χ0n) is 10.2. The van der Waals surface area contributed by atoms with E-state index < -0.39 is 0 Å². The van der Waals surface area contributed by atoms with Crippen LogP contribution < -0.4 is 10.5 Å². The van der Waals surface area contributed by atoms with Crippen molar-refractivity contribution in [2.75, 3.05) is 6.61 Å². The molecule has 0 spiro atoms. The molecule has 1 heterocycles. The first-order valence-corrected chi connectivity index (χ1v) is 6.87. The predicted molar refractivity (Wildman–Crippen MR) is 78.1 cm³/mol. The lowest BCUT2D eigenvalue weighted by atomic mass is 9.97. The van der Waals surface area contributed by atoms with Crippen molar-refractivity contribution < 1.29 is 4.74 Å². The Balaban J connectivity index is 2.00. The minimum absolute atomic E-state index is 0.280. The van der Waals surface area contributed by atoms with Crippen molar-refractivity contribution in [3.05, 3.63) is 63.1 Å². The first kappa shape index (κ1) is 12.8. The van der Waals surface area contributed by atoms with Crippen molar-refractivity contribution in [1.82, 2.24) is 0 Å². The Hall–Kier alpha value is -1.22. The SMILES string of the molecule is NC(c1ccc2c(c1)CCO2)c1cccc(Cl)c1Cl. The van der Waals surface area contributed by atoms with Gasteiger partial charge in [0.25, 0.3) is 0 Å². The molecular weight excluding hydrogens is 281 g/mol. The summed E-state index contributed by atoms with van der Waals surface area (Å²) >= 11 is 12.3. The van der Waals surface area contributed by atoms with E-state index in [-0.39, 0.29) is 6.04 Å². The second-order valence-electron chi connectivity index (χ2n) is 4.59. The summed E-state index contributed by atoms with van der Waals surface area (Å²) in [5.41, 5.74) is 9.36. The topological polar surface area (TPSA) is 35.2 Å². The van der Waals surface area contributed by atoms with Crippen LogP contribution in [0.4, 0.5) is 0 Å². The number of fused-ring (bicyclic) bond motifs is 1. The van der Waals surface area contributed by atoms with E-state index in [2.05, 4.69) is 6.07 Å². The van der Waals surface area contributed by atoms with Crippen LogP contribution in [0.1, 0.15) is 22.7 Å². The highest BCUT2D eigenvalue weighted by Gasteiger charge is 2.18. The molecule has 2 nitrogen and oxygen atoms in total. The van der Waals surface area contributed by atoms with Crippen LogP contribution in [-0.2, 0) is 6.42 Å². The highest BCUT2D eigenvalue weighted by molar-refractivity contribution is 6.42. The van der Waals surface area contributed by atoms with Gasteiger partial charge in [-0.2, -0.15) is 0 Å². The van der Waals surface area contributed by atoms with Gasteiger partial charge in [0, 0.05) is 6.42 Å². The average Bonchev–Trinajstić information content (AvgIpc) is 2.88. The van der Waals surface area contributed by atoms with E-state index in [4.69, 9.17) is 33.7 Å². The minimum Gasteiger partial charge on any atom is -0.493 e. The van der Waals surface area contributed by atoms with Crippen LogP contribution in [-0.4, -0.2) is 6.61 Å². The summed E-state index contributed by atoms with van der Waals surface area (Å²) in [7, 11) is 0. The zero-order valence-corrected chi connectivity index (χ0v) is 11.7. The van der Waals surface area contributed by atoms with Crippen LogP contribution >= 0.6 is 23.2 Å². The average molecular weight is 294 g/mol. The van der Waals surface area contributed by atoms with Crippen molar-refractivity contribution in [1.29, 1.82) is 0 Å². The number of ether oxygens (including phenoxy) is 1. The van der Waals surface area contributed by atoms with Crippen LogP contribution in [0.25, 0.3) is 0 Å². The molecule has 0 saturated heterocycles. The van der Waals surface area contributed by atoms with E-state index >= 15 is 0 Å². The van der Waals surface area contributed by atoms with Gasteiger partial charge >= 0.3 is 0 Å². The maximum atomic E-state index is 6.30. The Morgan fingerprint density at radius 1 is 1.16 bits per heavy atom. The fourth-order valence-corrected chi connectivity index (χ4v) is 2.77. The summed E-state index contributed by atoms with van der Waals surface area (Å²) in [6.45, 7) is 0.742. The third kappa shape index (κ3) is 2.32. The van der Waals surface area contributed by atoms with Crippen LogP contribution in [0.3, 0.4) is 0 Å². The first-order valence-electron chi connectivity index (χ1n) is 6.12. The summed E-state index contributed by atoms with van der Waals surface area (Å²) in [5, 5.41) is 1.05. The molecule has 2 aromatic rings. The smallest absolute Gasteiger partial charge is 0.122 e. The van der Waals surface area contributed by atoms with Gasteiger partial charge in [-0.05, 0) is 28.8 Å². The number of halogens is 2. The minimum atomic E-state index is -0.280. The monoisotopic (exact) mass is 293 g/mol. The Labute approximate surface area is 122 Å². The molecule has 0 bridgehead atoms. The highest BCUT2D eigenvalue weighted by atomic mass is 35.5. The number of benzene rings is 2. The molecule has 4 heteroatoms. The third-order valence-corrected chi connectivity index (χ3v) is 4.22. The molecule has 1 aliphatic heterocycles. The standard InChI is InChI=1S/C15H13Cl2NO/c16-12-3-1-2-11(14(12)17)15(18)10-4-5-13-9(8-10)6-7-19-13/h1-5,8,15H,6-7,18H2. The van der Waals surface area contributed by atoms with Crippen LogP contribution in [0.5, 0.6) is 5.75 Å². The molecular formula is C15H13Cl2NO. The molecule has 98 valence electrons. The highest BCUT2D eigenvalue weighted by Crippen LogP contribution is 2.34. The molecule has 2 aromatic carbocycles. The lowest BCUT2D eigenvalue weighted by Crippen LogP contribution is -2.12. The molecule has 0 aromatic heterocycles. The van der Waals surface area contributed by atoms with Crippen molar-refractivity contribution in [3.8, 4) is 5.75 Å². The summed E-state index contributed by atoms with van der Waals surface area (Å²) in [6.07, 6.45) is 0.930. The van der Waals surface area contributed by atoms with Crippen LogP contribution in [0.2, 0.25) is 10.0 Å². The van der Waals surface area contributed by atoms with Gasteiger partial charge in [-0.3, -0.25) is 0 Å². The molecule has 0 amide bonds. The predicted octanol–water partition coefficient (Wildman–Crippen LogP) is 3.98. The fourth-order valence-electron chi connectivity index (χ4n) is 2.34. The molecule has 0 saturated carbocycles. The van der Waals surface area contributed by atoms with Gasteiger partial charge in [-0.25, -0.2) is 0 Å².